The van der Waals surface area contributed by atoms with Gasteiger partial charge in [0.2, 0.25) is 0 Å². The number of imidazole rings is 1. The lowest BCUT2D eigenvalue weighted by Gasteiger charge is -2.12. The molecule has 4 aromatic carbocycles. The van der Waals surface area contributed by atoms with Crippen LogP contribution < -0.4 is 0 Å². The van der Waals surface area contributed by atoms with Crippen molar-refractivity contribution in [3.05, 3.63) is 134 Å². The Labute approximate surface area is 236 Å². The van der Waals surface area contributed by atoms with E-state index in [4.69, 9.17) is 9.98 Å². The number of aliphatic imine (C=N–C) groups is 1. The molecule has 0 N–H and O–H groups in total. The van der Waals surface area contributed by atoms with E-state index >= 15 is 0 Å². The highest BCUT2D eigenvalue weighted by Crippen LogP contribution is 2.38. The molecular formula is C36H25N5. The molecule has 0 unspecified atom stereocenters. The maximum Gasteiger partial charge on any atom is 0.146 e. The van der Waals surface area contributed by atoms with Crippen LogP contribution in [0.3, 0.4) is 0 Å². The Bertz CT molecular complexity index is 2390. The van der Waals surface area contributed by atoms with E-state index in [-0.39, 0.29) is 0 Å². The number of hydrogen-bond acceptors (Lipinski definition) is 3. The van der Waals surface area contributed by atoms with Crippen LogP contribution in [0, 0.1) is 0 Å². The lowest BCUT2D eigenvalue weighted by molar-refractivity contribution is 1.26. The summed E-state index contributed by atoms with van der Waals surface area (Å²) in [6, 6.07) is 34.0. The lowest BCUT2D eigenvalue weighted by atomic mass is 10.0. The third-order valence-electron chi connectivity index (χ3n) is 7.94. The van der Waals surface area contributed by atoms with Crippen molar-refractivity contribution in [3.8, 4) is 0 Å². The number of hydrogen-bond donors (Lipinski definition) is 0. The summed E-state index contributed by atoms with van der Waals surface area (Å²) in [5.74, 6) is 0.761. The van der Waals surface area contributed by atoms with Gasteiger partial charge in [-0.05, 0) is 66.9 Å². The Hall–Kier alpha value is -5.55. The van der Waals surface area contributed by atoms with E-state index in [2.05, 4.69) is 99.4 Å². The van der Waals surface area contributed by atoms with Gasteiger partial charge in [0.05, 0.1) is 33.3 Å². The van der Waals surface area contributed by atoms with Crippen molar-refractivity contribution in [1.82, 2.24) is 18.9 Å². The maximum atomic E-state index is 5.13. The second kappa shape index (κ2) is 9.00. The Morgan fingerprint density at radius 3 is 2.15 bits per heavy atom. The Morgan fingerprint density at radius 2 is 1.39 bits per heavy atom. The van der Waals surface area contributed by atoms with Crippen molar-refractivity contribution in [2.45, 2.75) is 6.92 Å². The number of allylic oxidation sites excluding steroid dienone is 2. The normalized spacial score (nSPS) is 12.9. The van der Waals surface area contributed by atoms with Crippen LogP contribution in [-0.2, 0) is 0 Å². The fraction of sp³-hybridized carbons (Fsp3) is 0.0278. The molecule has 0 amide bonds. The third kappa shape index (κ3) is 3.39. The number of benzene rings is 4. The molecule has 5 nitrogen and oxygen atoms in total. The lowest BCUT2D eigenvalue weighted by Crippen LogP contribution is -2.09. The molecule has 0 aliphatic rings. The monoisotopic (exact) mass is 527 g/mol. The highest BCUT2D eigenvalue weighted by molar-refractivity contribution is 6.24. The van der Waals surface area contributed by atoms with Crippen LogP contribution in [0.15, 0.2) is 133 Å². The summed E-state index contributed by atoms with van der Waals surface area (Å²) in [6.07, 6.45) is 7.44. The molecular weight excluding hydrogens is 502 g/mol. The zero-order valence-electron chi connectivity index (χ0n) is 22.5. The highest BCUT2D eigenvalue weighted by atomic mass is 15.1. The number of fused-ring (bicyclic) bond motifs is 11. The molecule has 8 rings (SSSR count). The average molecular weight is 528 g/mol. The van der Waals surface area contributed by atoms with Crippen LogP contribution in [0.4, 0.5) is 0 Å². The standard InChI is InChI=1S/C36H25N5/c1-3-29(23-17-19-37-20-18-23)38-35(4-2)40-31-14-8-6-12-25(31)27-21-28-26(22-34(27)40)24-11-5-9-15-32(24)41-33-16-10-7-13-30(33)39-36(28)41/h3-22H,2H2,1H3/b29-3-,38-35?. The topological polar surface area (TPSA) is 47.5 Å². The van der Waals surface area contributed by atoms with Crippen LogP contribution >= 0.6 is 0 Å². The molecule has 0 spiro atoms. The first-order valence-corrected chi connectivity index (χ1v) is 13.7. The van der Waals surface area contributed by atoms with Crippen molar-refractivity contribution >= 4 is 71.7 Å². The summed E-state index contributed by atoms with van der Waals surface area (Å²) in [4.78, 5) is 14.4. The van der Waals surface area contributed by atoms with Crippen LogP contribution in [0.2, 0.25) is 0 Å². The predicted octanol–water partition coefficient (Wildman–Crippen LogP) is 8.79. The SMILES string of the molecule is C=CC(=N/C(=C\C)c1ccncc1)n1c2ccccc2c2cc3c(cc21)c1ccccc1n1c2ccccc2nc31. The van der Waals surface area contributed by atoms with Gasteiger partial charge in [-0.25, -0.2) is 9.98 Å². The number of para-hydroxylation sites is 4. The number of nitrogens with zero attached hydrogens (tertiary/aromatic N) is 5. The van der Waals surface area contributed by atoms with Gasteiger partial charge in [-0.1, -0.05) is 61.2 Å². The molecule has 0 aliphatic carbocycles. The van der Waals surface area contributed by atoms with E-state index in [0.29, 0.717) is 0 Å². The highest BCUT2D eigenvalue weighted by Gasteiger charge is 2.19. The zero-order chi connectivity index (χ0) is 27.5. The summed E-state index contributed by atoms with van der Waals surface area (Å²) in [6.45, 7) is 6.19. The molecule has 4 heterocycles. The molecule has 194 valence electrons. The van der Waals surface area contributed by atoms with Gasteiger partial charge in [-0.3, -0.25) is 14.0 Å². The van der Waals surface area contributed by atoms with E-state index in [1.807, 2.05) is 37.3 Å². The molecule has 8 aromatic rings. The van der Waals surface area contributed by atoms with E-state index in [9.17, 15) is 0 Å². The Balaban J connectivity index is 1.53. The minimum atomic E-state index is 0.761. The molecule has 0 bridgehead atoms. The molecule has 0 saturated carbocycles. The van der Waals surface area contributed by atoms with Gasteiger partial charge in [0.25, 0.3) is 0 Å². The number of pyridine rings is 2. The van der Waals surface area contributed by atoms with Crippen LogP contribution in [0.1, 0.15) is 12.5 Å². The van der Waals surface area contributed by atoms with Crippen molar-refractivity contribution in [2.75, 3.05) is 0 Å². The van der Waals surface area contributed by atoms with E-state index < -0.39 is 0 Å². The smallest absolute Gasteiger partial charge is 0.146 e. The predicted molar refractivity (Wildman–Crippen MR) is 172 cm³/mol. The van der Waals surface area contributed by atoms with Crippen molar-refractivity contribution in [2.24, 2.45) is 4.99 Å². The zero-order valence-corrected chi connectivity index (χ0v) is 22.5. The number of aromatic nitrogens is 4. The summed E-state index contributed by atoms with van der Waals surface area (Å²) < 4.78 is 4.52. The number of rotatable bonds is 3. The van der Waals surface area contributed by atoms with E-state index in [0.717, 1.165) is 71.9 Å². The molecule has 0 saturated heterocycles. The summed E-state index contributed by atoms with van der Waals surface area (Å²) in [5.41, 5.74) is 8.23. The minimum absolute atomic E-state index is 0.761. The first kappa shape index (κ1) is 23.3. The average Bonchev–Trinajstić information content (AvgIpc) is 3.58. The first-order chi connectivity index (χ1) is 20.3. The largest absolute Gasteiger partial charge is 0.294 e. The molecule has 4 aromatic heterocycles. The van der Waals surface area contributed by atoms with Gasteiger partial charge < -0.3 is 0 Å². The van der Waals surface area contributed by atoms with Crippen molar-refractivity contribution in [3.63, 3.8) is 0 Å². The van der Waals surface area contributed by atoms with Gasteiger partial charge >= 0.3 is 0 Å². The fourth-order valence-corrected chi connectivity index (χ4v) is 6.15. The molecule has 0 fully saturated rings. The summed E-state index contributed by atoms with van der Waals surface area (Å²) in [5, 5.41) is 5.77. The van der Waals surface area contributed by atoms with E-state index in [1.165, 1.54) is 5.39 Å². The second-order valence-corrected chi connectivity index (χ2v) is 10.1. The van der Waals surface area contributed by atoms with Crippen LogP contribution in [0.5, 0.6) is 0 Å². The van der Waals surface area contributed by atoms with Crippen LogP contribution in [0.25, 0.3) is 65.9 Å². The molecule has 0 aliphatic heterocycles. The van der Waals surface area contributed by atoms with Gasteiger partial charge in [0, 0.05) is 39.5 Å². The third-order valence-corrected chi connectivity index (χ3v) is 7.94. The molecule has 0 radical (unpaired) electrons. The van der Waals surface area contributed by atoms with Crippen molar-refractivity contribution in [1.29, 1.82) is 0 Å². The summed E-state index contributed by atoms with van der Waals surface area (Å²) >= 11 is 0. The Kier molecular flexibility index (Phi) is 5.12. The maximum absolute atomic E-state index is 5.13. The molecule has 41 heavy (non-hydrogen) atoms. The molecule has 5 heteroatoms. The molecule has 0 atom stereocenters. The quantitative estimate of drug-likeness (QED) is 0.131. The minimum Gasteiger partial charge on any atom is -0.294 e. The second-order valence-electron chi connectivity index (χ2n) is 10.1. The first-order valence-electron chi connectivity index (χ1n) is 13.7. The Morgan fingerprint density at radius 1 is 0.707 bits per heavy atom. The van der Waals surface area contributed by atoms with Gasteiger partial charge in [0.1, 0.15) is 11.5 Å². The van der Waals surface area contributed by atoms with E-state index in [1.54, 1.807) is 12.4 Å². The fourth-order valence-electron chi connectivity index (χ4n) is 6.15. The van der Waals surface area contributed by atoms with Crippen molar-refractivity contribution < 1.29 is 0 Å². The van der Waals surface area contributed by atoms with Crippen LogP contribution in [-0.4, -0.2) is 24.8 Å². The van der Waals surface area contributed by atoms with Gasteiger partial charge in [-0.15, -0.1) is 0 Å². The van der Waals surface area contributed by atoms with Gasteiger partial charge in [-0.2, -0.15) is 0 Å². The van der Waals surface area contributed by atoms with Gasteiger partial charge in [0.15, 0.2) is 0 Å². The summed E-state index contributed by atoms with van der Waals surface area (Å²) in [7, 11) is 0.